The van der Waals surface area contributed by atoms with Gasteiger partial charge in [-0.2, -0.15) is 0 Å². The molecular formula is C11H16N2O4S. The molecule has 6 nitrogen and oxygen atoms in total. The predicted molar refractivity (Wildman–Crippen MR) is 68.0 cm³/mol. The van der Waals surface area contributed by atoms with E-state index in [0.717, 1.165) is 0 Å². The lowest BCUT2D eigenvalue weighted by atomic mass is 10.4. The minimum Gasteiger partial charge on any atom is -0.360 e. The summed E-state index contributed by atoms with van der Waals surface area (Å²) in [5.74, 6) is 0.251. The number of hydrogen-bond donors (Lipinski definition) is 1. The molecule has 0 aliphatic rings. The number of amides is 1. The Hall–Kier alpha value is -1.63. The van der Waals surface area contributed by atoms with E-state index in [2.05, 4.69) is 10.5 Å². The van der Waals surface area contributed by atoms with Crippen LogP contribution in [0.2, 0.25) is 0 Å². The van der Waals surface area contributed by atoms with Crippen molar-refractivity contribution in [2.75, 3.05) is 16.8 Å². The second kappa shape index (κ2) is 6.34. The molecule has 100 valence electrons. The number of carbonyl (C=O) groups excluding carboxylic acids is 1. The van der Waals surface area contributed by atoms with Crippen molar-refractivity contribution in [1.29, 1.82) is 0 Å². The number of nitrogens with zero attached hydrogens (tertiary/aromatic N) is 1. The zero-order valence-electron chi connectivity index (χ0n) is 10.3. The summed E-state index contributed by atoms with van der Waals surface area (Å²) in [7, 11) is -3.22. The van der Waals surface area contributed by atoms with E-state index in [1.165, 1.54) is 0 Å². The van der Waals surface area contributed by atoms with E-state index >= 15 is 0 Å². The number of anilines is 1. The quantitative estimate of drug-likeness (QED) is 0.788. The Morgan fingerprint density at radius 3 is 2.83 bits per heavy atom. The van der Waals surface area contributed by atoms with Crippen LogP contribution in [-0.4, -0.2) is 31.0 Å². The number of carbonyl (C=O) groups is 1. The van der Waals surface area contributed by atoms with E-state index in [9.17, 15) is 13.2 Å². The number of sulfone groups is 1. The molecule has 0 spiro atoms. The monoisotopic (exact) mass is 272 g/mol. The van der Waals surface area contributed by atoms with Crippen LogP contribution in [0, 0.1) is 6.92 Å². The van der Waals surface area contributed by atoms with E-state index in [0.29, 0.717) is 11.6 Å². The van der Waals surface area contributed by atoms with Gasteiger partial charge in [0.15, 0.2) is 15.7 Å². The predicted octanol–water partition coefficient (Wildman–Crippen LogP) is 1.30. The summed E-state index contributed by atoms with van der Waals surface area (Å²) >= 11 is 0. The first-order valence-corrected chi connectivity index (χ1v) is 7.30. The molecule has 7 heteroatoms. The van der Waals surface area contributed by atoms with E-state index in [-0.39, 0.29) is 17.9 Å². The molecule has 1 amide bonds. The number of nitrogens with one attached hydrogen (secondary N) is 1. The second-order valence-corrected chi connectivity index (χ2v) is 6.03. The molecule has 1 aromatic heterocycles. The van der Waals surface area contributed by atoms with Crippen molar-refractivity contribution in [3.63, 3.8) is 0 Å². The highest BCUT2D eigenvalue weighted by atomic mass is 32.2. The topological polar surface area (TPSA) is 89.3 Å². The molecule has 0 fully saturated rings. The molecule has 1 aromatic rings. The molecular weight excluding hydrogens is 256 g/mol. The minimum absolute atomic E-state index is 0.0418. The lowest BCUT2D eigenvalue weighted by molar-refractivity contribution is -0.115. The van der Waals surface area contributed by atoms with Crippen molar-refractivity contribution in [1.82, 2.24) is 5.16 Å². The summed E-state index contributed by atoms with van der Waals surface area (Å²) in [6.07, 6.45) is 3.12. The molecule has 1 rings (SSSR count). The normalized spacial score (nSPS) is 11.9. The van der Waals surface area contributed by atoms with Gasteiger partial charge in [0.25, 0.3) is 0 Å². The Morgan fingerprint density at radius 1 is 1.56 bits per heavy atom. The molecule has 1 N–H and O–H groups in total. The summed E-state index contributed by atoms with van der Waals surface area (Å²) in [4.78, 5) is 11.5. The Labute approximate surface area is 106 Å². The van der Waals surface area contributed by atoms with Crippen molar-refractivity contribution < 1.29 is 17.7 Å². The Balaban J connectivity index is 2.42. The number of hydrogen-bond acceptors (Lipinski definition) is 5. The van der Waals surface area contributed by atoms with Gasteiger partial charge >= 0.3 is 0 Å². The first-order chi connectivity index (χ1) is 8.43. The lowest BCUT2D eigenvalue weighted by Gasteiger charge is -2.01. The third kappa shape index (κ3) is 5.13. The van der Waals surface area contributed by atoms with Crippen molar-refractivity contribution in [3.8, 4) is 0 Å². The molecule has 0 aromatic carbocycles. The highest BCUT2D eigenvalue weighted by Crippen LogP contribution is 2.07. The number of aromatic nitrogens is 1. The summed E-state index contributed by atoms with van der Waals surface area (Å²) < 4.78 is 27.7. The Kier molecular flexibility index (Phi) is 5.08. The Bertz CT molecular complexity index is 531. The van der Waals surface area contributed by atoms with Gasteiger partial charge in [0, 0.05) is 12.5 Å². The molecule has 0 saturated heterocycles. The summed E-state index contributed by atoms with van der Waals surface area (Å²) in [5.41, 5.74) is 0. The summed E-state index contributed by atoms with van der Waals surface area (Å²) in [6, 6.07) is 1.56. The van der Waals surface area contributed by atoms with Crippen LogP contribution in [0.25, 0.3) is 0 Å². The van der Waals surface area contributed by atoms with Gasteiger partial charge < -0.3 is 9.84 Å². The zero-order chi connectivity index (χ0) is 13.6. The summed E-state index contributed by atoms with van der Waals surface area (Å²) in [6.45, 7) is 3.44. The first kappa shape index (κ1) is 14.4. The molecule has 0 aliphatic carbocycles. The summed E-state index contributed by atoms with van der Waals surface area (Å²) in [5, 5.41) is 6.05. The molecule has 0 atom stereocenters. The highest BCUT2D eigenvalue weighted by molar-refractivity contribution is 7.91. The molecule has 0 unspecified atom stereocenters. The SMILES string of the molecule is CC=CCS(=O)(=O)CCC(=O)Nc1cc(C)on1. The van der Waals surface area contributed by atoms with Gasteiger partial charge in [-0.1, -0.05) is 17.3 Å². The fraction of sp³-hybridized carbons (Fsp3) is 0.455. The molecule has 18 heavy (non-hydrogen) atoms. The first-order valence-electron chi connectivity index (χ1n) is 5.47. The number of rotatable bonds is 6. The van der Waals surface area contributed by atoms with Crippen LogP contribution in [0.4, 0.5) is 5.82 Å². The standard InChI is InChI=1S/C11H16N2O4S/c1-3-4-6-18(15,16)7-5-11(14)12-10-8-9(2)17-13-10/h3-4,8H,5-7H2,1-2H3,(H,12,13,14). The maximum absolute atomic E-state index is 11.5. The molecule has 0 radical (unpaired) electrons. The van der Waals surface area contributed by atoms with Crippen molar-refractivity contribution in [3.05, 3.63) is 24.0 Å². The fourth-order valence-electron chi connectivity index (χ4n) is 1.21. The van der Waals surface area contributed by atoms with E-state index in [1.54, 1.807) is 32.1 Å². The van der Waals surface area contributed by atoms with Gasteiger partial charge in [-0.25, -0.2) is 8.42 Å². The van der Waals surface area contributed by atoms with Crippen LogP contribution in [0.3, 0.4) is 0 Å². The highest BCUT2D eigenvalue weighted by Gasteiger charge is 2.13. The van der Waals surface area contributed by atoms with Crippen LogP contribution >= 0.6 is 0 Å². The molecule has 0 bridgehead atoms. The smallest absolute Gasteiger partial charge is 0.226 e. The van der Waals surface area contributed by atoms with E-state index < -0.39 is 15.7 Å². The van der Waals surface area contributed by atoms with Gasteiger partial charge in [-0.15, -0.1) is 0 Å². The molecule has 0 saturated carbocycles. The van der Waals surface area contributed by atoms with Crippen LogP contribution in [0.1, 0.15) is 19.1 Å². The number of aryl methyl sites for hydroxylation is 1. The van der Waals surface area contributed by atoms with Gasteiger partial charge in [0.1, 0.15) is 5.76 Å². The van der Waals surface area contributed by atoms with Crippen LogP contribution in [-0.2, 0) is 14.6 Å². The van der Waals surface area contributed by atoms with E-state index in [4.69, 9.17) is 4.52 Å². The average Bonchev–Trinajstić information content (AvgIpc) is 2.70. The van der Waals surface area contributed by atoms with Crippen molar-refractivity contribution >= 4 is 21.6 Å². The Morgan fingerprint density at radius 2 is 2.28 bits per heavy atom. The largest absolute Gasteiger partial charge is 0.360 e. The molecule has 0 aliphatic heterocycles. The zero-order valence-corrected chi connectivity index (χ0v) is 11.2. The average molecular weight is 272 g/mol. The minimum atomic E-state index is -3.22. The van der Waals surface area contributed by atoms with Gasteiger partial charge in [0.05, 0.1) is 11.5 Å². The maximum Gasteiger partial charge on any atom is 0.226 e. The molecule has 1 heterocycles. The maximum atomic E-state index is 11.5. The van der Waals surface area contributed by atoms with Crippen LogP contribution in [0.15, 0.2) is 22.7 Å². The van der Waals surface area contributed by atoms with Gasteiger partial charge in [-0.05, 0) is 13.8 Å². The van der Waals surface area contributed by atoms with Crippen LogP contribution < -0.4 is 5.32 Å². The lowest BCUT2D eigenvalue weighted by Crippen LogP contribution is -2.18. The fourth-order valence-corrected chi connectivity index (χ4v) is 2.35. The van der Waals surface area contributed by atoms with Gasteiger partial charge in [-0.3, -0.25) is 4.79 Å². The van der Waals surface area contributed by atoms with Crippen molar-refractivity contribution in [2.45, 2.75) is 20.3 Å². The van der Waals surface area contributed by atoms with Crippen LogP contribution in [0.5, 0.6) is 0 Å². The van der Waals surface area contributed by atoms with Crippen molar-refractivity contribution in [2.24, 2.45) is 0 Å². The van der Waals surface area contributed by atoms with E-state index in [1.807, 2.05) is 0 Å². The third-order valence-electron chi connectivity index (χ3n) is 2.12. The van der Waals surface area contributed by atoms with Gasteiger partial charge in [0.2, 0.25) is 5.91 Å². The number of allylic oxidation sites excluding steroid dienone is 1. The third-order valence-corrected chi connectivity index (χ3v) is 3.65. The second-order valence-electron chi connectivity index (χ2n) is 3.80.